The first-order chi connectivity index (χ1) is 11.7. The predicted molar refractivity (Wildman–Crippen MR) is 95.4 cm³/mol. The van der Waals surface area contributed by atoms with Gasteiger partial charge >= 0.3 is 0 Å². The van der Waals surface area contributed by atoms with E-state index in [1.165, 1.54) is 11.8 Å². The van der Waals surface area contributed by atoms with Crippen LogP contribution >= 0.6 is 23.4 Å². The highest BCUT2D eigenvalue weighted by atomic mass is 35.5. The van der Waals surface area contributed by atoms with Crippen LogP contribution in [0.5, 0.6) is 0 Å². The molecule has 3 rings (SSSR count). The topological polar surface area (TPSA) is 72.7 Å². The number of anilines is 1. The summed E-state index contributed by atoms with van der Waals surface area (Å²) in [7, 11) is 0. The second-order valence-corrected chi connectivity index (χ2v) is 6.31. The molecule has 24 heavy (non-hydrogen) atoms. The van der Waals surface area contributed by atoms with Gasteiger partial charge in [-0.05, 0) is 46.8 Å². The number of amides is 1. The monoisotopic (exact) mass is 359 g/mol. The fraction of sp³-hybridized carbons (Fsp3) is 0.125. The van der Waals surface area contributed by atoms with Gasteiger partial charge in [0.2, 0.25) is 5.91 Å². The van der Waals surface area contributed by atoms with Gasteiger partial charge < -0.3 is 5.32 Å². The van der Waals surface area contributed by atoms with Crippen molar-refractivity contribution in [2.45, 2.75) is 5.75 Å². The minimum Gasteiger partial charge on any atom is -0.325 e. The highest BCUT2D eigenvalue weighted by Crippen LogP contribution is 2.16. The number of hydrogen-bond donors (Lipinski definition) is 1. The quantitative estimate of drug-likeness (QED) is 0.731. The van der Waals surface area contributed by atoms with Crippen LogP contribution in [0.25, 0.3) is 5.69 Å². The largest absolute Gasteiger partial charge is 0.325 e. The van der Waals surface area contributed by atoms with E-state index in [1.807, 2.05) is 42.5 Å². The lowest BCUT2D eigenvalue weighted by molar-refractivity contribution is -0.113. The summed E-state index contributed by atoms with van der Waals surface area (Å²) in [5.41, 5.74) is 1.61. The molecule has 8 heteroatoms. The van der Waals surface area contributed by atoms with Gasteiger partial charge in [-0.1, -0.05) is 29.8 Å². The van der Waals surface area contributed by atoms with Crippen LogP contribution in [0.2, 0.25) is 5.02 Å². The summed E-state index contributed by atoms with van der Waals surface area (Å²) < 4.78 is 1.64. The van der Waals surface area contributed by atoms with Crippen molar-refractivity contribution >= 4 is 35.0 Å². The van der Waals surface area contributed by atoms with E-state index in [2.05, 4.69) is 20.8 Å². The van der Waals surface area contributed by atoms with E-state index in [-0.39, 0.29) is 5.91 Å². The third kappa shape index (κ3) is 4.33. The maximum atomic E-state index is 11.9. The highest BCUT2D eigenvalue weighted by molar-refractivity contribution is 7.99. The molecule has 0 fully saturated rings. The van der Waals surface area contributed by atoms with Crippen molar-refractivity contribution < 1.29 is 4.79 Å². The summed E-state index contributed by atoms with van der Waals surface area (Å²) >= 11 is 7.34. The molecule has 0 spiro atoms. The number of hydrogen-bond acceptors (Lipinski definition) is 5. The molecule has 0 atom stereocenters. The van der Waals surface area contributed by atoms with Crippen LogP contribution in [-0.4, -0.2) is 31.9 Å². The number of tetrazole rings is 1. The molecule has 1 heterocycles. The van der Waals surface area contributed by atoms with Crippen molar-refractivity contribution in [2.24, 2.45) is 0 Å². The van der Waals surface area contributed by atoms with Crippen LogP contribution in [0.1, 0.15) is 5.82 Å². The molecule has 0 saturated heterocycles. The number of thioether (sulfide) groups is 1. The molecule has 0 aliphatic carbocycles. The Balaban J connectivity index is 1.55. The number of rotatable bonds is 6. The summed E-state index contributed by atoms with van der Waals surface area (Å²) in [5.74, 6) is 1.46. The molecule has 0 bridgehead atoms. The van der Waals surface area contributed by atoms with E-state index in [0.29, 0.717) is 22.4 Å². The molecule has 0 saturated carbocycles. The second kappa shape index (κ2) is 7.94. The maximum absolute atomic E-state index is 11.9. The number of nitrogens with one attached hydrogen (secondary N) is 1. The molecule has 0 radical (unpaired) electrons. The number of benzene rings is 2. The first kappa shape index (κ1) is 16.5. The lowest BCUT2D eigenvalue weighted by atomic mass is 10.3. The van der Waals surface area contributed by atoms with Gasteiger partial charge in [-0.2, -0.15) is 4.68 Å². The molecule has 2 aromatic carbocycles. The van der Waals surface area contributed by atoms with Gasteiger partial charge in [-0.25, -0.2) is 0 Å². The van der Waals surface area contributed by atoms with Gasteiger partial charge in [0.15, 0.2) is 5.82 Å². The van der Waals surface area contributed by atoms with E-state index in [1.54, 1.807) is 16.8 Å². The Hall–Kier alpha value is -2.38. The zero-order valence-electron chi connectivity index (χ0n) is 12.6. The summed E-state index contributed by atoms with van der Waals surface area (Å²) in [4.78, 5) is 11.9. The van der Waals surface area contributed by atoms with Crippen molar-refractivity contribution in [3.63, 3.8) is 0 Å². The standard InChI is InChI=1S/C16H14ClN5OS/c17-12-6-8-14(9-7-12)22-15(19-20-21-22)10-24-11-16(23)18-13-4-2-1-3-5-13/h1-9H,10-11H2,(H,18,23). The number of carbonyl (C=O) groups is 1. The summed E-state index contributed by atoms with van der Waals surface area (Å²) in [6.07, 6.45) is 0. The molecule has 1 amide bonds. The van der Waals surface area contributed by atoms with Crippen LogP contribution in [0.4, 0.5) is 5.69 Å². The Morgan fingerprint density at radius 3 is 2.62 bits per heavy atom. The molecule has 0 aliphatic heterocycles. The summed E-state index contributed by atoms with van der Waals surface area (Å²) in [5, 5.41) is 15.2. The van der Waals surface area contributed by atoms with Crippen molar-refractivity contribution in [1.29, 1.82) is 0 Å². The number of halogens is 1. The molecule has 0 unspecified atom stereocenters. The van der Waals surface area contributed by atoms with Crippen molar-refractivity contribution in [3.05, 3.63) is 65.4 Å². The predicted octanol–water partition coefficient (Wildman–Crippen LogP) is 3.19. The normalized spacial score (nSPS) is 10.5. The zero-order valence-corrected chi connectivity index (χ0v) is 14.2. The third-order valence-electron chi connectivity index (χ3n) is 3.13. The first-order valence-electron chi connectivity index (χ1n) is 7.18. The fourth-order valence-corrected chi connectivity index (χ4v) is 2.88. The van der Waals surface area contributed by atoms with Crippen molar-refractivity contribution in [2.75, 3.05) is 11.1 Å². The Labute approximate surface area is 148 Å². The average molecular weight is 360 g/mol. The molecule has 0 aliphatic rings. The minimum absolute atomic E-state index is 0.0586. The van der Waals surface area contributed by atoms with Crippen LogP contribution in [-0.2, 0) is 10.5 Å². The molecule has 6 nitrogen and oxygen atoms in total. The van der Waals surface area contributed by atoms with Crippen LogP contribution in [0, 0.1) is 0 Å². The third-order valence-corrected chi connectivity index (χ3v) is 4.31. The number of aromatic nitrogens is 4. The highest BCUT2D eigenvalue weighted by Gasteiger charge is 2.10. The molecule has 1 N–H and O–H groups in total. The number of nitrogens with zero attached hydrogens (tertiary/aromatic N) is 4. The van der Waals surface area contributed by atoms with Crippen LogP contribution in [0.3, 0.4) is 0 Å². The number of para-hydroxylation sites is 1. The lowest BCUT2D eigenvalue weighted by Crippen LogP contribution is -2.14. The van der Waals surface area contributed by atoms with Crippen molar-refractivity contribution in [3.8, 4) is 5.69 Å². The summed E-state index contributed by atoms with van der Waals surface area (Å²) in [6.45, 7) is 0. The van der Waals surface area contributed by atoms with Gasteiger partial charge in [-0.3, -0.25) is 4.79 Å². The van der Waals surface area contributed by atoms with Gasteiger partial charge in [-0.15, -0.1) is 16.9 Å². The van der Waals surface area contributed by atoms with E-state index in [4.69, 9.17) is 11.6 Å². The Bertz CT molecular complexity index is 807. The smallest absolute Gasteiger partial charge is 0.234 e. The Kier molecular flexibility index (Phi) is 5.45. The van der Waals surface area contributed by atoms with Gasteiger partial charge in [0.25, 0.3) is 0 Å². The molecule has 3 aromatic rings. The minimum atomic E-state index is -0.0586. The molecular weight excluding hydrogens is 346 g/mol. The van der Waals surface area contributed by atoms with Crippen molar-refractivity contribution in [1.82, 2.24) is 20.2 Å². The maximum Gasteiger partial charge on any atom is 0.234 e. The average Bonchev–Trinajstić information content (AvgIpc) is 3.05. The molecular formula is C16H14ClN5OS. The van der Waals surface area contributed by atoms with Crippen LogP contribution in [0.15, 0.2) is 54.6 Å². The number of carbonyl (C=O) groups excluding carboxylic acids is 1. The van der Waals surface area contributed by atoms with E-state index in [9.17, 15) is 4.79 Å². The van der Waals surface area contributed by atoms with Gasteiger partial charge in [0.05, 0.1) is 17.2 Å². The van der Waals surface area contributed by atoms with Gasteiger partial charge in [0, 0.05) is 10.7 Å². The van der Waals surface area contributed by atoms with E-state index >= 15 is 0 Å². The molecule has 122 valence electrons. The second-order valence-electron chi connectivity index (χ2n) is 4.89. The zero-order chi connectivity index (χ0) is 16.8. The first-order valence-corrected chi connectivity index (χ1v) is 8.71. The van der Waals surface area contributed by atoms with E-state index < -0.39 is 0 Å². The van der Waals surface area contributed by atoms with Crippen LogP contribution < -0.4 is 5.32 Å². The van der Waals surface area contributed by atoms with Gasteiger partial charge in [0.1, 0.15) is 0 Å². The lowest BCUT2D eigenvalue weighted by Gasteiger charge is -2.06. The summed E-state index contributed by atoms with van der Waals surface area (Å²) in [6, 6.07) is 16.6. The Morgan fingerprint density at radius 2 is 1.88 bits per heavy atom. The van der Waals surface area contributed by atoms with E-state index in [0.717, 1.165) is 11.4 Å². The fourth-order valence-electron chi connectivity index (χ4n) is 2.03. The molecule has 1 aromatic heterocycles. The Morgan fingerprint density at radius 1 is 1.12 bits per heavy atom. The SMILES string of the molecule is O=C(CSCc1nnnn1-c1ccc(Cl)cc1)Nc1ccccc1.